The zero-order chi connectivity index (χ0) is 14.3. The van der Waals surface area contributed by atoms with E-state index in [-0.39, 0.29) is 0 Å². The minimum atomic E-state index is 0.968. The van der Waals surface area contributed by atoms with Gasteiger partial charge in [-0.05, 0) is 54.9 Å². The van der Waals surface area contributed by atoms with Crippen LogP contribution in [0, 0.1) is 0 Å². The Balaban J connectivity index is 1.39. The Hall–Kier alpha value is -1.16. The second-order valence-electron chi connectivity index (χ2n) is 5.81. The molecule has 3 rings (SSSR count). The molecule has 21 heavy (non-hydrogen) atoms. The highest BCUT2D eigenvalue weighted by atomic mass is 32.1. The molecule has 0 unspecified atom stereocenters. The maximum Gasteiger partial charge on any atom is 0.0233 e. The van der Waals surface area contributed by atoms with Crippen molar-refractivity contribution in [1.29, 1.82) is 0 Å². The van der Waals surface area contributed by atoms with Gasteiger partial charge in [0.2, 0.25) is 0 Å². The fourth-order valence-corrected chi connectivity index (χ4v) is 3.57. The molecule has 1 aromatic carbocycles. The van der Waals surface area contributed by atoms with E-state index in [4.69, 9.17) is 0 Å². The third kappa shape index (κ3) is 4.67. The van der Waals surface area contributed by atoms with E-state index in [9.17, 15) is 0 Å². The highest BCUT2D eigenvalue weighted by molar-refractivity contribution is 7.09. The lowest BCUT2D eigenvalue weighted by Gasteiger charge is -2.14. The molecule has 0 aliphatic carbocycles. The summed E-state index contributed by atoms with van der Waals surface area (Å²) in [7, 11) is 0. The van der Waals surface area contributed by atoms with Crippen molar-refractivity contribution in [2.45, 2.75) is 32.4 Å². The van der Waals surface area contributed by atoms with Crippen LogP contribution in [0.4, 0.5) is 0 Å². The minimum Gasteiger partial charge on any atom is -0.312 e. The lowest BCUT2D eigenvalue weighted by Crippen LogP contribution is -2.18. The number of rotatable bonds is 7. The fourth-order valence-electron chi connectivity index (χ4n) is 2.86. The van der Waals surface area contributed by atoms with Crippen molar-refractivity contribution in [3.8, 4) is 0 Å². The molecule has 2 heterocycles. The normalized spacial score (nSPS) is 15.6. The van der Waals surface area contributed by atoms with Crippen LogP contribution in [0.2, 0.25) is 0 Å². The monoisotopic (exact) mass is 300 g/mol. The summed E-state index contributed by atoms with van der Waals surface area (Å²) in [6.45, 7) is 5.68. The Bertz CT molecular complexity index is 513. The van der Waals surface area contributed by atoms with Crippen molar-refractivity contribution in [2.24, 2.45) is 0 Å². The van der Waals surface area contributed by atoms with Gasteiger partial charge in [-0.2, -0.15) is 0 Å². The van der Waals surface area contributed by atoms with Gasteiger partial charge in [0, 0.05) is 24.5 Å². The van der Waals surface area contributed by atoms with E-state index in [1.807, 2.05) is 11.3 Å². The number of nitrogens with one attached hydrogen (secondary N) is 1. The van der Waals surface area contributed by atoms with E-state index < -0.39 is 0 Å². The molecule has 2 aromatic rings. The zero-order valence-corrected chi connectivity index (χ0v) is 13.4. The van der Waals surface area contributed by atoms with E-state index in [1.165, 1.54) is 41.9 Å². The molecule has 1 aromatic heterocycles. The van der Waals surface area contributed by atoms with Crippen molar-refractivity contribution in [3.05, 3.63) is 57.8 Å². The van der Waals surface area contributed by atoms with Crippen LogP contribution in [0.15, 0.2) is 41.8 Å². The molecule has 0 spiro atoms. The molecule has 0 radical (unpaired) electrons. The van der Waals surface area contributed by atoms with Gasteiger partial charge in [0.25, 0.3) is 0 Å². The van der Waals surface area contributed by atoms with Crippen LogP contribution in [0.1, 0.15) is 28.8 Å². The summed E-state index contributed by atoms with van der Waals surface area (Å²) in [5.41, 5.74) is 2.82. The lowest BCUT2D eigenvalue weighted by molar-refractivity contribution is 0.331. The number of hydrogen-bond acceptors (Lipinski definition) is 3. The maximum atomic E-state index is 3.53. The molecule has 112 valence electrons. The van der Waals surface area contributed by atoms with Gasteiger partial charge in [-0.15, -0.1) is 11.3 Å². The highest BCUT2D eigenvalue weighted by Crippen LogP contribution is 2.13. The summed E-state index contributed by atoms with van der Waals surface area (Å²) in [4.78, 5) is 4.01. The van der Waals surface area contributed by atoms with Gasteiger partial charge in [-0.25, -0.2) is 0 Å². The number of thiophene rings is 1. The number of benzene rings is 1. The summed E-state index contributed by atoms with van der Waals surface area (Å²) < 4.78 is 0. The van der Waals surface area contributed by atoms with E-state index >= 15 is 0 Å². The number of hydrogen-bond donors (Lipinski definition) is 1. The molecule has 1 aliphatic rings. The molecule has 1 fully saturated rings. The van der Waals surface area contributed by atoms with Crippen LogP contribution >= 0.6 is 11.3 Å². The maximum absolute atomic E-state index is 3.53. The predicted octanol–water partition coefficient (Wildman–Crippen LogP) is 3.68. The second-order valence-corrected chi connectivity index (χ2v) is 6.84. The van der Waals surface area contributed by atoms with Gasteiger partial charge in [-0.1, -0.05) is 30.3 Å². The van der Waals surface area contributed by atoms with Crippen LogP contribution in [-0.4, -0.2) is 24.5 Å². The van der Waals surface area contributed by atoms with Gasteiger partial charge in [0.1, 0.15) is 0 Å². The first-order valence-electron chi connectivity index (χ1n) is 7.93. The Labute approximate surface area is 131 Å². The third-order valence-corrected chi connectivity index (χ3v) is 5.02. The molecule has 1 saturated heterocycles. The molecular formula is C18H24N2S. The third-order valence-electron chi connectivity index (χ3n) is 4.09. The molecular weight excluding hydrogens is 276 g/mol. The summed E-state index contributed by atoms with van der Waals surface area (Å²) >= 11 is 1.84. The highest BCUT2D eigenvalue weighted by Gasteiger charge is 2.11. The van der Waals surface area contributed by atoms with Crippen LogP contribution in [-0.2, 0) is 19.5 Å². The summed E-state index contributed by atoms with van der Waals surface area (Å²) in [5, 5.41) is 5.68. The van der Waals surface area contributed by atoms with E-state index in [0.717, 1.165) is 26.1 Å². The summed E-state index contributed by atoms with van der Waals surface area (Å²) in [6.07, 6.45) is 3.86. The van der Waals surface area contributed by atoms with Gasteiger partial charge in [-0.3, -0.25) is 4.90 Å². The summed E-state index contributed by atoms with van der Waals surface area (Å²) in [5.74, 6) is 0. The Morgan fingerprint density at radius 3 is 2.48 bits per heavy atom. The van der Waals surface area contributed by atoms with E-state index in [2.05, 4.69) is 52.0 Å². The Morgan fingerprint density at radius 2 is 1.76 bits per heavy atom. The van der Waals surface area contributed by atoms with Crippen molar-refractivity contribution in [2.75, 3.05) is 19.6 Å². The van der Waals surface area contributed by atoms with E-state index in [0.29, 0.717) is 0 Å². The van der Waals surface area contributed by atoms with Crippen LogP contribution in [0.25, 0.3) is 0 Å². The molecule has 0 bridgehead atoms. The standard InChI is InChI=1S/C18H24N2S/c1-2-12-20(11-1)15-17-7-5-16(6-8-17)14-19-10-9-18-4-3-13-21-18/h3-8,13,19H,1-2,9-12,14-15H2. The van der Waals surface area contributed by atoms with Gasteiger partial charge >= 0.3 is 0 Å². The SMILES string of the molecule is c1csc(CCNCc2ccc(CN3CCCC3)cc2)c1. The van der Waals surface area contributed by atoms with Crippen molar-refractivity contribution in [1.82, 2.24) is 10.2 Å². The number of nitrogens with zero attached hydrogens (tertiary/aromatic N) is 1. The largest absolute Gasteiger partial charge is 0.312 e. The smallest absolute Gasteiger partial charge is 0.0233 e. The molecule has 0 atom stereocenters. The minimum absolute atomic E-state index is 0.968. The van der Waals surface area contributed by atoms with Gasteiger partial charge < -0.3 is 5.32 Å². The second kappa shape index (κ2) is 7.74. The van der Waals surface area contributed by atoms with E-state index in [1.54, 1.807) is 0 Å². The van der Waals surface area contributed by atoms with Crippen LogP contribution < -0.4 is 5.32 Å². The number of likely N-dealkylation sites (tertiary alicyclic amines) is 1. The van der Waals surface area contributed by atoms with Crippen molar-refractivity contribution < 1.29 is 0 Å². The van der Waals surface area contributed by atoms with Gasteiger partial charge in [0.05, 0.1) is 0 Å². The Kier molecular flexibility index (Phi) is 5.44. The first kappa shape index (κ1) is 14.8. The molecule has 0 saturated carbocycles. The first-order valence-corrected chi connectivity index (χ1v) is 8.81. The quantitative estimate of drug-likeness (QED) is 0.785. The molecule has 1 aliphatic heterocycles. The molecule has 3 heteroatoms. The lowest BCUT2D eigenvalue weighted by atomic mass is 10.1. The zero-order valence-electron chi connectivity index (χ0n) is 12.6. The molecule has 1 N–H and O–H groups in total. The first-order chi connectivity index (χ1) is 10.4. The fraction of sp³-hybridized carbons (Fsp3) is 0.444. The van der Waals surface area contributed by atoms with Crippen molar-refractivity contribution >= 4 is 11.3 Å². The topological polar surface area (TPSA) is 15.3 Å². The predicted molar refractivity (Wildman–Crippen MR) is 90.7 cm³/mol. The van der Waals surface area contributed by atoms with Crippen LogP contribution in [0.3, 0.4) is 0 Å². The van der Waals surface area contributed by atoms with Crippen LogP contribution in [0.5, 0.6) is 0 Å². The average molecular weight is 300 g/mol. The van der Waals surface area contributed by atoms with Gasteiger partial charge in [0.15, 0.2) is 0 Å². The molecule has 0 amide bonds. The average Bonchev–Trinajstić information content (AvgIpc) is 3.19. The molecule has 2 nitrogen and oxygen atoms in total. The van der Waals surface area contributed by atoms with Crippen molar-refractivity contribution in [3.63, 3.8) is 0 Å². The Morgan fingerprint density at radius 1 is 1.00 bits per heavy atom. The summed E-state index contributed by atoms with van der Waals surface area (Å²) in [6, 6.07) is 13.4.